The Morgan fingerprint density at radius 3 is 2.15 bits per heavy atom. The Morgan fingerprint density at radius 1 is 0.885 bits per heavy atom. The number of aromatic nitrogens is 2. The van der Waals surface area contributed by atoms with Crippen LogP contribution in [0, 0.1) is 13.8 Å². The number of benzene rings is 2. The number of carbonyl (C=O) groups excluding carboxylic acids is 1. The first kappa shape index (κ1) is 17.6. The smallest absolute Gasteiger partial charge is 0.251 e. The maximum Gasteiger partial charge on any atom is 0.251 e. The molecule has 2 aromatic carbocycles. The number of ether oxygens (including phenoxy) is 1. The van der Waals surface area contributed by atoms with Crippen LogP contribution in [0.5, 0.6) is 5.88 Å². The van der Waals surface area contributed by atoms with Crippen LogP contribution in [0.4, 0.5) is 0 Å². The van der Waals surface area contributed by atoms with Gasteiger partial charge in [0.05, 0.1) is 12.2 Å². The van der Waals surface area contributed by atoms with Crippen molar-refractivity contribution in [1.82, 2.24) is 15.5 Å². The number of carbonyl (C=O) groups is 1. The van der Waals surface area contributed by atoms with Crippen LogP contribution < -0.4 is 10.1 Å². The second-order valence-corrected chi connectivity index (χ2v) is 6.09. The zero-order valence-electron chi connectivity index (χ0n) is 14.9. The zero-order valence-corrected chi connectivity index (χ0v) is 14.9. The molecule has 1 aromatic heterocycles. The van der Waals surface area contributed by atoms with E-state index in [0.29, 0.717) is 24.6 Å². The molecule has 0 saturated carbocycles. The highest BCUT2D eigenvalue weighted by atomic mass is 16.5. The van der Waals surface area contributed by atoms with Crippen molar-refractivity contribution in [1.29, 1.82) is 0 Å². The first-order chi connectivity index (χ1) is 12.6. The fraction of sp³-hybridized carbons (Fsp3) is 0.190. The molecule has 3 rings (SSSR count). The minimum atomic E-state index is -0.116. The van der Waals surface area contributed by atoms with E-state index in [9.17, 15) is 4.79 Å². The topological polar surface area (TPSA) is 64.1 Å². The number of hydrogen-bond acceptors (Lipinski definition) is 4. The Bertz CT molecular complexity index is 857. The van der Waals surface area contributed by atoms with E-state index in [2.05, 4.69) is 15.5 Å². The molecule has 5 nitrogen and oxygen atoms in total. The van der Waals surface area contributed by atoms with Crippen molar-refractivity contribution in [3.05, 3.63) is 77.4 Å². The second-order valence-electron chi connectivity index (χ2n) is 6.09. The molecule has 0 spiro atoms. The van der Waals surface area contributed by atoms with Gasteiger partial charge in [-0.2, -0.15) is 0 Å². The largest absolute Gasteiger partial charge is 0.475 e. The average Bonchev–Trinajstić information content (AvgIpc) is 2.67. The van der Waals surface area contributed by atoms with Crippen molar-refractivity contribution >= 4 is 5.91 Å². The Hall–Kier alpha value is -3.21. The van der Waals surface area contributed by atoms with Gasteiger partial charge in [-0.3, -0.25) is 4.79 Å². The van der Waals surface area contributed by atoms with Gasteiger partial charge in [0.25, 0.3) is 5.91 Å². The molecule has 0 unspecified atom stereocenters. The highest BCUT2D eigenvalue weighted by Gasteiger charge is 2.05. The van der Waals surface area contributed by atoms with Gasteiger partial charge in [-0.25, -0.2) is 0 Å². The normalized spacial score (nSPS) is 10.4. The van der Waals surface area contributed by atoms with Crippen molar-refractivity contribution in [3.63, 3.8) is 0 Å². The first-order valence-corrected chi connectivity index (χ1v) is 8.50. The number of aryl methyl sites for hydroxylation is 2. The van der Waals surface area contributed by atoms with Crippen LogP contribution in [0.3, 0.4) is 0 Å². The van der Waals surface area contributed by atoms with Crippen molar-refractivity contribution in [2.45, 2.75) is 13.8 Å². The molecule has 0 aliphatic heterocycles. The summed E-state index contributed by atoms with van der Waals surface area (Å²) in [5.41, 5.74) is 4.77. The van der Waals surface area contributed by atoms with Crippen molar-refractivity contribution in [2.75, 3.05) is 13.2 Å². The second kappa shape index (κ2) is 8.25. The highest BCUT2D eigenvalue weighted by molar-refractivity contribution is 5.94. The number of nitrogens with zero attached hydrogens (tertiary/aromatic N) is 2. The average molecular weight is 347 g/mol. The molecule has 1 N–H and O–H groups in total. The van der Waals surface area contributed by atoms with Gasteiger partial charge in [0, 0.05) is 17.2 Å². The summed E-state index contributed by atoms with van der Waals surface area (Å²) in [6.07, 6.45) is 0. The Morgan fingerprint density at radius 2 is 1.54 bits per heavy atom. The fourth-order valence-electron chi connectivity index (χ4n) is 2.40. The standard InChI is InChI=1S/C21H21N3O2/c1-15-3-7-17(8-4-15)19-11-12-20(24-23-19)26-14-13-22-21(25)18-9-5-16(2)6-10-18/h3-12H,13-14H2,1-2H3,(H,22,25). The van der Waals surface area contributed by atoms with E-state index in [4.69, 9.17) is 4.74 Å². The molecule has 0 fully saturated rings. The van der Waals surface area contributed by atoms with E-state index in [1.807, 2.05) is 56.3 Å². The minimum absolute atomic E-state index is 0.116. The number of nitrogens with one attached hydrogen (secondary N) is 1. The van der Waals surface area contributed by atoms with Gasteiger partial charge >= 0.3 is 0 Å². The monoisotopic (exact) mass is 347 g/mol. The van der Waals surface area contributed by atoms with Crippen LogP contribution in [0.2, 0.25) is 0 Å². The van der Waals surface area contributed by atoms with Gasteiger partial charge in [0.1, 0.15) is 6.61 Å². The molecule has 132 valence electrons. The Kier molecular flexibility index (Phi) is 5.59. The summed E-state index contributed by atoms with van der Waals surface area (Å²) in [4.78, 5) is 12.0. The lowest BCUT2D eigenvalue weighted by atomic mass is 10.1. The molecule has 0 radical (unpaired) electrons. The lowest BCUT2D eigenvalue weighted by Crippen LogP contribution is -2.28. The molecule has 0 atom stereocenters. The third-order valence-corrected chi connectivity index (χ3v) is 3.94. The lowest BCUT2D eigenvalue weighted by Gasteiger charge is -2.07. The molecule has 5 heteroatoms. The first-order valence-electron chi connectivity index (χ1n) is 8.50. The predicted octanol–water partition coefficient (Wildman–Crippen LogP) is 3.57. The summed E-state index contributed by atoms with van der Waals surface area (Å²) in [6.45, 7) is 4.76. The van der Waals surface area contributed by atoms with E-state index in [1.165, 1.54) is 5.56 Å². The van der Waals surface area contributed by atoms with Gasteiger partial charge in [-0.15, -0.1) is 10.2 Å². The van der Waals surface area contributed by atoms with E-state index in [-0.39, 0.29) is 5.91 Å². The van der Waals surface area contributed by atoms with E-state index >= 15 is 0 Å². The number of amides is 1. The van der Waals surface area contributed by atoms with Crippen molar-refractivity contribution < 1.29 is 9.53 Å². The summed E-state index contributed by atoms with van der Waals surface area (Å²) in [7, 11) is 0. The summed E-state index contributed by atoms with van der Waals surface area (Å²) in [5.74, 6) is 0.319. The van der Waals surface area contributed by atoms with Gasteiger partial charge in [0.2, 0.25) is 5.88 Å². The summed E-state index contributed by atoms with van der Waals surface area (Å²) >= 11 is 0. The van der Waals surface area contributed by atoms with Gasteiger partial charge in [-0.05, 0) is 32.0 Å². The molecule has 0 saturated heterocycles. The molecule has 1 heterocycles. The van der Waals surface area contributed by atoms with E-state index < -0.39 is 0 Å². The summed E-state index contributed by atoms with van der Waals surface area (Å²) in [5, 5.41) is 11.1. The quantitative estimate of drug-likeness (QED) is 0.693. The minimum Gasteiger partial charge on any atom is -0.475 e. The third kappa shape index (κ3) is 4.66. The van der Waals surface area contributed by atoms with Crippen LogP contribution in [0.1, 0.15) is 21.5 Å². The molecule has 3 aromatic rings. The zero-order chi connectivity index (χ0) is 18.4. The number of rotatable bonds is 6. The number of hydrogen-bond donors (Lipinski definition) is 1. The maximum absolute atomic E-state index is 12.0. The van der Waals surface area contributed by atoms with E-state index in [0.717, 1.165) is 16.8 Å². The lowest BCUT2D eigenvalue weighted by molar-refractivity contribution is 0.0946. The van der Waals surface area contributed by atoms with Crippen LogP contribution in [-0.2, 0) is 0 Å². The molecule has 0 aliphatic rings. The van der Waals surface area contributed by atoms with Crippen LogP contribution in [0.25, 0.3) is 11.3 Å². The fourth-order valence-corrected chi connectivity index (χ4v) is 2.40. The van der Waals surface area contributed by atoms with Gasteiger partial charge in [0.15, 0.2) is 0 Å². The van der Waals surface area contributed by atoms with E-state index in [1.54, 1.807) is 18.2 Å². The molecule has 26 heavy (non-hydrogen) atoms. The molecular formula is C21H21N3O2. The molecule has 1 amide bonds. The van der Waals surface area contributed by atoms with Crippen molar-refractivity contribution in [2.24, 2.45) is 0 Å². The summed E-state index contributed by atoms with van der Waals surface area (Å²) in [6, 6.07) is 19.2. The van der Waals surface area contributed by atoms with Crippen LogP contribution in [0.15, 0.2) is 60.7 Å². The van der Waals surface area contributed by atoms with Crippen molar-refractivity contribution in [3.8, 4) is 17.1 Å². The Balaban J connectivity index is 1.47. The Labute approximate surface area is 153 Å². The molecule has 0 aliphatic carbocycles. The SMILES string of the molecule is Cc1ccc(C(=O)NCCOc2ccc(-c3ccc(C)cc3)nn2)cc1. The van der Waals surface area contributed by atoms with Gasteiger partial charge < -0.3 is 10.1 Å². The van der Waals surface area contributed by atoms with Gasteiger partial charge in [-0.1, -0.05) is 47.5 Å². The molecular weight excluding hydrogens is 326 g/mol. The highest BCUT2D eigenvalue weighted by Crippen LogP contribution is 2.18. The summed E-state index contributed by atoms with van der Waals surface area (Å²) < 4.78 is 5.53. The van der Waals surface area contributed by atoms with Crippen LogP contribution >= 0.6 is 0 Å². The van der Waals surface area contributed by atoms with Crippen LogP contribution in [-0.4, -0.2) is 29.3 Å². The third-order valence-electron chi connectivity index (χ3n) is 3.94. The maximum atomic E-state index is 12.0. The molecule has 0 bridgehead atoms. The predicted molar refractivity (Wildman–Crippen MR) is 101 cm³/mol.